The number of hydrogen-bond acceptors (Lipinski definition) is 6. The molecular weight excluding hydrogens is 354 g/mol. The highest BCUT2D eigenvalue weighted by Gasteiger charge is 2.44. The molecule has 26 heavy (non-hydrogen) atoms. The Bertz CT molecular complexity index is 808. The van der Waals surface area contributed by atoms with Crippen molar-refractivity contribution >= 4 is 29.2 Å². The normalized spacial score (nSPS) is 18.0. The molecule has 4 rings (SSSR count). The maximum atomic E-state index is 12.4. The first-order valence-corrected chi connectivity index (χ1v) is 9.29. The Balaban J connectivity index is 1.36. The van der Waals surface area contributed by atoms with Gasteiger partial charge < -0.3 is 20.0 Å². The van der Waals surface area contributed by atoms with Crippen molar-refractivity contribution in [1.82, 2.24) is 15.1 Å². The Hall–Kier alpha value is -2.28. The highest BCUT2D eigenvalue weighted by molar-refractivity contribution is 6.31. The quantitative estimate of drug-likeness (QED) is 0.834. The molecule has 2 fully saturated rings. The van der Waals surface area contributed by atoms with Gasteiger partial charge in [-0.1, -0.05) is 16.7 Å². The third-order valence-corrected chi connectivity index (χ3v) is 5.67. The van der Waals surface area contributed by atoms with Gasteiger partial charge in [0.15, 0.2) is 0 Å². The molecule has 1 spiro atoms. The van der Waals surface area contributed by atoms with Gasteiger partial charge in [0.1, 0.15) is 0 Å². The summed E-state index contributed by atoms with van der Waals surface area (Å²) >= 11 is 6.01. The average molecular weight is 376 g/mol. The lowest BCUT2D eigenvalue weighted by atomic mass is 9.94. The molecule has 1 amide bonds. The second-order valence-electron chi connectivity index (χ2n) is 7.09. The zero-order chi connectivity index (χ0) is 18.1. The topological polar surface area (TPSA) is 83.3 Å². The summed E-state index contributed by atoms with van der Waals surface area (Å²) in [6.07, 6.45) is 4.92. The summed E-state index contributed by atoms with van der Waals surface area (Å²) in [5.74, 6) is 0.442. The summed E-state index contributed by atoms with van der Waals surface area (Å²) in [6.45, 7) is 1.87. The molecule has 1 aromatic heterocycles. The molecule has 7 nitrogen and oxygen atoms in total. The predicted molar refractivity (Wildman–Crippen MR) is 100 cm³/mol. The number of anilines is 2. The maximum absolute atomic E-state index is 12.4. The minimum Gasteiger partial charge on any atom is -0.403 e. The molecule has 2 heterocycles. The van der Waals surface area contributed by atoms with Crippen LogP contribution < -0.4 is 10.6 Å². The minimum atomic E-state index is 0.0719. The largest absolute Gasteiger partial charge is 0.403 e. The summed E-state index contributed by atoms with van der Waals surface area (Å²) in [5, 5.41) is 14.7. The lowest BCUT2D eigenvalue weighted by molar-refractivity contribution is -0.130. The van der Waals surface area contributed by atoms with E-state index in [2.05, 4.69) is 20.8 Å². The first-order chi connectivity index (χ1) is 12.6. The molecule has 0 atom stereocenters. The number of likely N-dealkylation sites (tertiary alicyclic amines) is 1. The molecule has 1 saturated carbocycles. The zero-order valence-corrected chi connectivity index (χ0v) is 15.5. The van der Waals surface area contributed by atoms with Crippen molar-refractivity contribution in [2.24, 2.45) is 5.41 Å². The van der Waals surface area contributed by atoms with Crippen LogP contribution in [0.5, 0.6) is 0 Å². The minimum absolute atomic E-state index is 0.0719. The molecule has 1 aromatic carbocycles. The smallest absolute Gasteiger partial charge is 0.316 e. The Kier molecular flexibility index (Phi) is 4.48. The van der Waals surface area contributed by atoms with Gasteiger partial charge in [-0.3, -0.25) is 4.79 Å². The number of benzene rings is 1. The monoisotopic (exact) mass is 375 g/mol. The molecule has 0 unspecified atom stereocenters. The molecule has 1 saturated heterocycles. The van der Waals surface area contributed by atoms with Gasteiger partial charge in [-0.05, 0) is 49.3 Å². The second kappa shape index (κ2) is 6.79. The van der Waals surface area contributed by atoms with E-state index in [1.807, 2.05) is 11.0 Å². The number of aromatic nitrogens is 2. The van der Waals surface area contributed by atoms with E-state index < -0.39 is 0 Å². The number of hydrogen-bond donors (Lipinski definition) is 2. The number of piperidine rings is 1. The molecular formula is C18H22ClN5O2. The van der Waals surface area contributed by atoms with Crippen LogP contribution in [0.3, 0.4) is 0 Å². The van der Waals surface area contributed by atoms with E-state index in [1.165, 1.54) is 12.8 Å². The van der Waals surface area contributed by atoms with Crippen LogP contribution in [0.4, 0.5) is 11.7 Å². The highest BCUT2D eigenvalue weighted by Crippen LogP contribution is 2.53. The lowest BCUT2D eigenvalue weighted by Gasteiger charge is -2.32. The predicted octanol–water partition coefficient (Wildman–Crippen LogP) is 3.25. The van der Waals surface area contributed by atoms with E-state index in [1.54, 1.807) is 19.2 Å². The van der Waals surface area contributed by atoms with Crippen LogP contribution in [-0.4, -0.2) is 47.7 Å². The Morgan fingerprint density at radius 2 is 2.04 bits per heavy atom. The van der Waals surface area contributed by atoms with Gasteiger partial charge in [-0.25, -0.2) is 0 Å². The van der Waals surface area contributed by atoms with Gasteiger partial charge in [0.2, 0.25) is 5.91 Å². The van der Waals surface area contributed by atoms with Crippen molar-refractivity contribution in [3.63, 3.8) is 0 Å². The molecule has 1 aliphatic carbocycles. The highest BCUT2D eigenvalue weighted by atomic mass is 35.5. The Morgan fingerprint density at radius 1 is 1.27 bits per heavy atom. The van der Waals surface area contributed by atoms with Crippen LogP contribution in [-0.2, 0) is 4.79 Å². The number of halogens is 1. The van der Waals surface area contributed by atoms with Crippen molar-refractivity contribution in [2.75, 3.05) is 37.3 Å². The van der Waals surface area contributed by atoms with Crippen LogP contribution in [0.2, 0.25) is 5.02 Å². The van der Waals surface area contributed by atoms with E-state index in [-0.39, 0.29) is 18.5 Å². The van der Waals surface area contributed by atoms with Crippen LogP contribution in [0, 0.1) is 5.41 Å². The first kappa shape index (κ1) is 17.1. The molecule has 8 heteroatoms. The van der Waals surface area contributed by atoms with Gasteiger partial charge in [0, 0.05) is 30.8 Å². The number of nitrogens with zero attached hydrogens (tertiary/aromatic N) is 3. The lowest BCUT2D eigenvalue weighted by Crippen LogP contribution is -2.41. The molecule has 0 bridgehead atoms. The van der Waals surface area contributed by atoms with Gasteiger partial charge in [0.05, 0.1) is 12.1 Å². The number of amides is 1. The van der Waals surface area contributed by atoms with Gasteiger partial charge >= 0.3 is 6.01 Å². The van der Waals surface area contributed by atoms with Crippen molar-refractivity contribution in [3.05, 3.63) is 23.2 Å². The van der Waals surface area contributed by atoms with E-state index in [0.29, 0.717) is 16.3 Å². The number of carbonyl (C=O) groups excluding carboxylic acids is 1. The van der Waals surface area contributed by atoms with Crippen molar-refractivity contribution in [2.45, 2.75) is 25.7 Å². The summed E-state index contributed by atoms with van der Waals surface area (Å²) in [7, 11) is 1.80. The van der Waals surface area contributed by atoms with Gasteiger partial charge in [0.25, 0.3) is 5.89 Å². The zero-order valence-electron chi connectivity index (χ0n) is 14.7. The standard InChI is InChI=1S/C18H22ClN5O2/c1-20-14-10-12(19)2-3-13(14)16-22-23-17(26-16)21-11-15(25)24-8-6-18(4-5-18)7-9-24/h2-3,10,20H,4-9,11H2,1H3,(H,21,23). The SMILES string of the molecule is CNc1cc(Cl)ccc1-c1nnc(NCC(=O)N2CCC3(CC2)CC3)o1. The van der Waals surface area contributed by atoms with E-state index in [0.717, 1.165) is 37.2 Å². The molecule has 2 aromatic rings. The third-order valence-electron chi connectivity index (χ3n) is 5.43. The van der Waals surface area contributed by atoms with Crippen LogP contribution in [0.25, 0.3) is 11.5 Å². The summed E-state index contributed by atoms with van der Waals surface area (Å²) in [5.41, 5.74) is 2.12. The van der Waals surface area contributed by atoms with Crippen molar-refractivity contribution in [1.29, 1.82) is 0 Å². The van der Waals surface area contributed by atoms with Gasteiger partial charge in [-0.15, -0.1) is 5.10 Å². The van der Waals surface area contributed by atoms with Crippen LogP contribution in [0.15, 0.2) is 22.6 Å². The summed E-state index contributed by atoms with van der Waals surface area (Å²) in [6, 6.07) is 5.61. The molecule has 138 valence electrons. The first-order valence-electron chi connectivity index (χ1n) is 8.91. The fourth-order valence-electron chi connectivity index (χ4n) is 3.48. The molecule has 1 aliphatic heterocycles. The summed E-state index contributed by atoms with van der Waals surface area (Å²) < 4.78 is 5.65. The summed E-state index contributed by atoms with van der Waals surface area (Å²) in [4.78, 5) is 14.3. The molecule has 2 aliphatic rings. The Labute approximate surface area is 157 Å². The Morgan fingerprint density at radius 3 is 2.73 bits per heavy atom. The van der Waals surface area contributed by atoms with Crippen molar-refractivity contribution in [3.8, 4) is 11.5 Å². The van der Waals surface area contributed by atoms with E-state index in [4.69, 9.17) is 16.0 Å². The maximum Gasteiger partial charge on any atom is 0.316 e. The van der Waals surface area contributed by atoms with Crippen LogP contribution >= 0.6 is 11.6 Å². The van der Waals surface area contributed by atoms with E-state index in [9.17, 15) is 4.79 Å². The van der Waals surface area contributed by atoms with E-state index >= 15 is 0 Å². The fourth-order valence-corrected chi connectivity index (χ4v) is 3.66. The van der Waals surface area contributed by atoms with Crippen molar-refractivity contribution < 1.29 is 9.21 Å². The number of nitrogens with one attached hydrogen (secondary N) is 2. The second-order valence-corrected chi connectivity index (χ2v) is 7.52. The van der Waals surface area contributed by atoms with Crippen LogP contribution in [0.1, 0.15) is 25.7 Å². The number of carbonyl (C=O) groups is 1. The van der Waals surface area contributed by atoms with Gasteiger partial charge in [-0.2, -0.15) is 0 Å². The average Bonchev–Trinajstić information content (AvgIpc) is 3.24. The molecule has 0 radical (unpaired) electrons. The fraction of sp³-hybridized carbons (Fsp3) is 0.500. The third kappa shape index (κ3) is 3.49. The molecule has 2 N–H and O–H groups in total. The number of rotatable bonds is 5.